The Labute approximate surface area is 118 Å². The van der Waals surface area contributed by atoms with Crippen LogP contribution in [0.25, 0.3) is 0 Å². The lowest BCUT2D eigenvalue weighted by molar-refractivity contribution is 0.178. The van der Waals surface area contributed by atoms with E-state index in [1.807, 2.05) is 54.8 Å². The van der Waals surface area contributed by atoms with Crippen molar-refractivity contribution in [2.75, 3.05) is 13.4 Å². The maximum Gasteiger partial charge on any atom is 0.118 e. The summed E-state index contributed by atoms with van der Waals surface area (Å²) in [5.74, 6) is 0.836. The molecule has 0 radical (unpaired) electrons. The van der Waals surface area contributed by atoms with Gasteiger partial charge in [-0.15, -0.1) is 11.8 Å². The molecule has 1 unspecified atom stereocenters. The first-order chi connectivity index (χ1) is 9.22. The van der Waals surface area contributed by atoms with Gasteiger partial charge in [-0.05, 0) is 41.6 Å². The highest BCUT2D eigenvalue weighted by molar-refractivity contribution is 7.98. The van der Waals surface area contributed by atoms with Crippen molar-refractivity contribution in [1.29, 1.82) is 0 Å². The van der Waals surface area contributed by atoms with Gasteiger partial charge in [0.05, 0.1) is 13.2 Å². The number of ether oxygens (including phenoxy) is 1. The summed E-state index contributed by atoms with van der Waals surface area (Å²) in [5, 5.41) is 10.2. The van der Waals surface area contributed by atoms with Crippen molar-refractivity contribution < 1.29 is 9.84 Å². The van der Waals surface area contributed by atoms with E-state index < -0.39 is 6.10 Å². The summed E-state index contributed by atoms with van der Waals surface area (Å²) < 4.78 is 5.12. The third-order valence-corrected chi connectivity index (χ3v) is 3.83. The van der Waals surface area contributed by atoms with Gasteiger partial charge in [0.1, 0.15) is 5.75 Å². The minimum Gasteiger partial charge on any atom is -0.497 e. The molecule has 1 N–H and O–H groups in total. The molecule has 2 aromatic rings. The molecule has 0 aromatic heterocycles. The van der Waals surface area contributed by atoms with Gasteiger partial charge in [-0.25, -0.2) is 0 Å². The number of hydrogen-bond acceptors (Lipinski definition) is 3. The van der Waals surface area contributed by atoms with E-state index in [1.54, 1.807) is 18.9 Å². The fraction of sp³-hybridized carbons (Fsp3) is 0.250. The summed E-state index contributed by atoms with van der Waals surface area (Å²) in [6.45, 7) is 0. The molecule has 2 nitrogen and oxygen atoms in total. The van der Waals surface area contributed by atoms with Crippen LogP contribution in [0.3, 0.4) is 0 Å². The van der Waals surface area contributed by atoms with Gasteiger partial charge >= 0.3 is 0 Å². The molecule has 19 heavy (non-hydrogen) atoms. The molecule has 0 bridgehead atoms. The first kappa shape index (κ1) is 14.0. The van der Waals surface area contributed by atoms with Gasteiger partial charge in [0, 0.05) is 11.3 Å². The molecule has 0 heterocycles. The number of methoxy groups -OCH3 is 1. The number of aliphatic hydroxyl groups excluding tert-OH is 1. The van der Waals surface area contributed by atoms with Crippen LogP contribution in [-0.2, 0) is 6.42 Å². The lowest BCUT2D eigenvalue weighted by Crippen LogP contribution is -2.01. The van der Waals surface area contributed by atoms with E-state index in [4.69, 9.17) is 4.74 Å². The summed E-state index contributed by atoms with van der Waals surface area (Å²) in [7, 11) is 1.65. The normalized spacial score (nSPS) is 12.2. The fourth-order valence-corrected chi connectivity index (χ4v) is 2.34. The summed E-state index contributed by atoms with van der Waals surface area (Å²) in [6, 6.07) is 15.9. The Morgan fingerprint density at radius 1 is 1.05 bits per heavy atom. The van der Waals surface area contributed by atoms with Crippen LogP contribution in [0, 0.1) is 0 Å². The zero-order valence-corrected chi connectivity index (χ0v) is 12.0. The maximum absolute atomic E-state index is 10.2. The topological polar surface area (TPSA) is 29.5 Å². The number of rotatable bonds is 5. The van der Waals surface area contributed by atoms with Crippen LogP contribution < -0.4 is 4.74 Å². The van der Waals surface area contributed by atoms with Gasteiger partial charge < -0.3 is 9.84 Å². The van der Waals surface area contributed by atoms with Gasteiger partial charge in [0.25, 0.3) is 0 Å². The van der Waals surface area contributed by atoms with E-state index in [0.29, 0.717) is 6.42 Å². The number of hydrogen-bond donors (Lipinski definition) is 1. The summed E-state index contributed by atoms with van der Waals surface area (Å²) >= 11 is 1.70. The molecule has 2 aromatic carbocycles. The van der Waals surface area contributed by atoms with Gasteiger partial charge in [0.15, 0.2) is 0 Å². The van der Waals surface area contributed by atoms with Crippen molar-refractivity contribution in [3.05, 3.63) is 59.7 Å². The lowest BCUT2D eigenvalue weighted by atomic mass is 10.0. The second kappa shape index (κ2) is 6.64. The maximum atomic E-state index is 10.2. The minimum atomic E-state index is -0.468. The highest BCUT2D eigenvalue weighted by atomic mass is 32.2. The second-order valence-corrected chi connectivity index (χ2v) is 5.22. The number of benzene rings is 2. The standard InChI is InChI=1S/C16H18O2S/c1-18-14-7-3-12(4-8-14)11-16(17)13-5-9-15(19-2)10-6-13/h3-10,16-17H,11H2,1-2H3. The number of aliphatic hydroxyl groups is 1. The van der Waals surface area contributed by atoms with Crippen molar-refractivity contribution in [1.82, 2.24) is 0 Å². The predicted octanol–water partition coefficient (Wildman–Crippen LogP) is 3.69. The molecular formula is C16H18O2S. The molecule has 0 aliphatic heterocycles. The molecule has 0 saturated carbocycles. The summed E-state index contributed by atoms with van der Waals surface area (Å²) in [5.41, 5.74) is 2.05. The lowest BCUT2D eigenvalue weighted by Gasteiger charge is -2.12. The van der Waals surface area contributed by atoms with Crippen molar-refractivity contribution in [3.63, 3.8) is 0 Å². The van der Waals surface area contributed by atoms with Crippen LogP contribution in [-0.4, -0.2) is 18.5 Å². The Kier molecular flexibility index (Phi) is 4.88. The van der Waals surface area contributed by atoms with Crippen LogP contribution in [0.1, 0.15) is 17.2 Å². The largest absolute Gasteiger partial charge is 0.497 e. The highest BCUT2D eigenvalue weighted by Crippen LogP contribution is 2.22. The van der Waals surface area contributed by atoms with Crippen LogP contribution in [0.15, 0.2) is 53.4 Å². The first-order valence-electron chi connectivity index (χ1n) is 6.18. The molecular weight excluding hydrogens is 256 g/mol. The monoisotopic (exact) mass is 274 g/mol. The third-order valence-electron chi connectivity index (χ3n) is 3.09. The Morgan fingerprint density at radius 2 is 1.68 bits per heavy atom. The Bertz CT molecular complexity index is 505. The molecule has 0 fully saturated rings. The number of thioether (sulfide) groups is 1. The molecule has 2 rings (SSSR count). The second-order valence-electron chi connectivity index (χ2n) is 4.34. The molecule has 0 aliphatic rings. The van der Waals surface area contributed by atoms with Crippen molar-refractivity contribution in [3.8, 4) is 5.75 Å². The predicted molar refractivity (Wildman–Crippen MR) is 79.9 cm³/mol. The van der Waals surface area contributed by atoms with E-state index in [-0.39, 0.29) is 0 Å². The van der Waals surface area contributed by atoms with E-state index >= 15 is 0 Å². The van der Waals surface area contributed by atoms with Crippen LogP contribution >= 0.6 is 11.8 Å². The van der Waals surface area contributed by atoms with Crippen LogP contribution in [0.2, 0.25) is 0 Å². The third kappa shape index (κ3) is 3.75. The van der Waals surface area contributed by atoms with Crippen LogP contribution in [0.5, 0.6) is 5.75 Å². The highest BCUT2D eigenvalue weighted by Gasteiger charge is 2.08. The average molecular weight is 274 g/mol. The van der Waals surface area contributed by atoms with Crippen molar-refractivity contribution >= 4 is 11.8 Å². The Morgan fingerprint density at radius 3 is 2.21 bits per heavy atom. The van der Waals surface area contributed by atoms with E-state index in [2.05, 4.69) is 0 Å². The zero-order chi connectivity index (χ0) is 13.7. The quantitative estimate of drug-likeness (QED) is 0.843. The van der Waals surface area contributed by atoms with Crippen molar-refractivity contribution in [2.45, 2.75) is 17.4 Å². The first-order valence-corrected chi connectivity index (χ1v) is 7.40. The molecule has 0 aliphatic carbocycles. The SMILES string of the molecule is COc1ccc(CC(O)c2ccc(SC)cc2)cc1. The van der Waals surface area contributed by atoms with Gasteiger partial charge in [0.2, 0.25) is 0 Å². The molecule has 100 valence electrons. The Hall–Kier alpha value is -1.45. The molecule has 0 amide bonds. The fourth-order valence-electron chi connectivity index (χ4n) is 1.93. The van der Waals surface area contributed by atoms with Gasteiger partial charge in [-0.2, -0.15) is 0 Å². The van der Waals surface area contributed by atoms with Gasteiger partial charge in [-0.1, -0.05) is 24.3 Å². The Balaban J connectivity index is 2.04. The van der Waals surface area contributed by atoms with Crippen LogP contribution in [0.4, 0.5) is 0 Å². The van der Waals surface area contributed by atoms with Crippen molar-refractivity contribution in [2.24, 2.45) is 0 Å². The molecule has 0 spiro atoms. The summed E-state index contributed by atoms with van der Waals surface area (Å²) in [4.78, 5) is 1.21. The minimum absolute atomic E-state index is 0.468. The molecule has 3 heteroatoms. The molecule has 0 saturated heterocycles. The summed E-state index contributed by atoms with van der Waals surface area (Å²) in [6.07, 6.45) is 2.19. The molecule has 1 atom stereocenters. The van der Waals surface area contributed by atoms with E-state index in [1.165, 1.54) is 4.90 Å². The smallest absolute Gasteiger partial charge is 0.118 e. The zero-order valence-electron chi connectivity index (χ0n) is 11.2. The van der Waals surface area contributed by atoms with E-state index in [0.717, 1.165) is 16.9 Å². The van der Waals surface area contributed by atoms with Gasteiger partial charge in [-0.3, -0.25) is 0 Å². The average Bonchev–Trinajstić information content (AvgIpc) is 2.48. The van der Waals surface area contributed by atoms with E-state index in [9.17, 15) is 5.11 Å².